The minimum absolute atomic E-state index is 0. The van der Waals surface area contributed by atoms with E-state index < -0.39 is 0 Å². The first-order chi connectivity index (χ1) is 35.4. The molecule has 4 aromatic heterocycles. The van der Waals surface area contributed by atoms with Gasteiger partial charge in [-0.1, -0.05) is 97.1 Å². The van der Waals surface area contributed by atoms with Crippen LogP contribution in [0.1, 0.15) is 67.7 Å². The van der Waals surface area contributed by atoms with E-state index >= 15 is 0 Å². The summed E-state index contributed by atoms with van der Waals surface area (Å²) in [5.41, 5.74) is 14.3. The van der Waals surface area contributed by atoms with Crippen LogP contribution >= 0.6 is 37.2 Å². The van der Waals surface area contributed by atoms with Crippen molar-refractivity contribution in [1.29, 1.82) is 0 Å². The van der Waals surface area contributed by atoms with Gasteiger partial charge in [-0.15, -0.1) is 37.2 Å². The van der Waals surface area contributed by atoms with Gasteiger partial charge in [0.25, 0.3) is 11.6 Å². The molecule has 14 nitrogen and oxygen atoms in total. The van der Waals surface area contributed by atoms with Crippen LogP contribution in [0.4, 0.5) is 0 Å². The van der Waals surface area contributed by atoms with Gasteiger partial charge in [-0.2, -0.15) is 9.13 Å². The van der Waals surface area contributed by atoms with Gasteiger partial charge >= 0.3 is 11.9 Å². The topological polar surface area (TPSA) is 152 Å². The fourth-order valence-electron chi connectivity index (χ4n) is 10.9. The number of benzene rings is 4. The number of ketones is 2. The molecule has 0 saturated heterocycles. The van der Waals surface area contributed by atoms with Gasteiger partial charge in [-0.05, 0) is 68.8 Å². The Morgan fingerprint density at radius 1 is 0.618 bits per heavy atom. The highest BCUT2D eigenvalue weighted by Gasteiger charge is 2.36. The van der Waals surface area contributed by atoms with Gasteiger partial charge in [-0.25, -0.2) is 9.13 Å². The highest BCUT2D eigenvalue weighted by molar-refractivity contribution is 6.12. The van der Waals surface area contributed by atoms with E-state index in [0.717, 1.165) is 92.8 Å². The smallest absolute Gasteiger partial charge is 0.313 e. The lowest BCUT2D eigenvalue weighted by atomic mass is 9.85. The van der Waals surface area contributed by atoms with Crippen LogP contribution in [0.2, 0.25) is 0 Å². The van der Waals surface area contributed by atoms with Crippen LogP contribution in [0.25, 0.3) is 21.8 Å². The van der Waals surface area contributed by atoms with Crippen molar-refractivity contribution in [2.75, 3.05) is 20.1 Å². The molecule has 0 saturated carbocycles. The predicted octanol–water partition coefficient (Wildman–Crippen LogP) is 8.20. The van der Waals surface area contributed by atoms with Crippen molar-refractivity contribution in [1.82, 2.24) is 23.6 Å². The summed E-state index contributed by atoms with van der Waals surface area (Å²) >= 11 is 0. The van der Waals surface area contributed by atoms with E-state index in [1.54, 1.807) is 0 Å². The number of nitrogens with zero attached hydrogens (tertiary/aromatic N) is 6. The lowest BCUT2D eigenvalue weighted by molar-refractivity contribution is -0.733. The molecule has 76 heavy (non-hydrogen) atoms. The second-order valence-corrected chi connectivity index (χ2v) is 19.7. The summed E-state index contributed by atoms with van der Waals surface area (Å²) in [5.74, 6) is 1.00. The van der Waals surface area contributed by atoms with Crippen LogP contribution in [0, 0.1) is 37.5 Å². The summed E-state index contributed by atoms with van der Waals surface area (Å²) in [7, 11) is 5.94. The molecule has 17 heteroatoms. The Kier molecular flexibility index (Phi) is 20.5. The Balaban J connectivity index is 0.000000237. The Morgan fingerprint density at radius 2 is 1.01 bits per heavy atom. The third-order valence-corrected chi connectivity index (χ3v) is 15.2. The van der Waals surface area contributed by atoms with Crippen molar-refractivity contribution >= 4 is 82.5 Å². The number of esters is 2. The first-order valence-electron chi connectivity index (χ1n) is 25.5. The zero-order valence-electron chi connectivity index (χ0n) is 43.9. The highest BCUT2D eigenvalue weighted by atomic mass is 35.5. The lowest BCUT2D eigenvalue weighted by Gasteiger charge is -2.21. The molecular weight excluding hydrogens is 1020 g/mol. The highest BCUT2D eigenvalue weighted by Crippen LogP contribution is 2.36. The SMILES string of the molecule is CNCC(Cc1ccccc1)C(=O)OC[n+]1ccn(CC2CCc3c(c4ccccc4n3C)C2=O)c1C.Cc1n(CC2CCc3c(c4ccccc4n3C)C2=O)cc[n+]1COC(=O)C(CN)Cc1ccccc1.Cl.Cl.Cl. The first-order valence-corrected chi connectivity index (χ1v) is 25.5. The number of nitrogens with two attached hydrogens (primary N) is 1. The molecule has 8 aromatic rings. The molecule has 0 radical (unpaired) electrons. The van der Waals surface area contributed by atoms with E-state index in [1.165, 1.54) is 0 Å². The van der Waals surface area contributed by atoms with E-state index in [1.807, 2.05) is 153 Å². The molecule has 402 valence electrons. The average Bonchev–Trinajstić information content (AvgIpc) is 4.13. The van der Waals surface area contributed by atoms with Gasteiger partial charge < -0.3 is 29.7 Å². The van der Waals surface area contributed by atoms with Crippen molar-refractivity contribution in [3.8, 4) is 0 Å². The summed E-state index contributed by atoms with van der Waals surface area (Å²) in [4.78, 5) is 52.7. The van der Waals surface area contributed by atoms with E-state index in [9.17, 15) is 19.2 Å². The zero-order valence-corrected chi connectivity index (χ0v) is 46.4. The summed E-state index contributed by atoms with van der Waals surface area (Å²) in [6.07, 6.45) is 12.4. The Labute approximate surface area is 463 Å². The largest absolute Gasteiger partial charge is 0.424 e. The van der Waals surface area contributed by atoms with Crippen LogP contribution in [0.5, 0.6) is 0 Å². The van der Waals surface area contributed by atoms with Gasteiger partial charge in [0.15, 0.2) is 11.6 Å². The van der Waals surface area contributed by atoms with Gasteiger partial charge in [0, 0.05) is 85.4 Å². The monoisotopic (exact) mass is 1090 g/mol. The number of imidazole rings is 2. The third-order valence-electron chi connectivity index (χ3n) is 15.2. The third kappa shape index (κ3) is 12.5. The van der Waals surface area contributed by atoms with Gasteiger partial charge in [0.1, 0.15) is 37.9 Å². The number of rotatable bonds is 17. The Bertz CT molecular complexity index is 3270. The minimum atomic E-state index is -0.384. The Hall–Kier alpha value is -6.55. The van der Waals surface area contributed by atoms with E-state index in [2.05, 4.69) is 48.8 Å². The van der Waals surface area contributed by atoms with Crippen LogP contribution < -0.4 is 20.2 Å². The molecule has 2 aliphatic rings. The summed E-state index contributed by atoms with van der Waals surface area (Å²) in [6, 6.07) is 36.1. The predicted molar refractivity (Wildman–Crippen MR) is 301 cm³/mol. The summed E-state index contributed by atoms with van der Waals surface area (Å²) < 4.78 is 23.7. The van der Waals surface area contributed by atoms with E-state index in [-0.39, 0.29) is 104 Å². The first kappa shape index (κ1) is 58.7. The molecule has 4 unspecified atom stereocenters. The van der Waals surface area contributed by atoms with Crippen LogP contribution in [-0.4, -0.2) is 61.9 Å². The molecule has 0 bridgehead atoms. The number of ether oxygens (including phenoxy) is 2. The standard InChI is InChI=1S/C30H35N4O3.C29H33N4O3.3ClH/c1-21-33(19-23-13-14-27-28(29(23)35)25-11-7-8-12-26(25)32(27)3)15-16-34(21)20-37-30(36)24(18-31-2)17-22-9-5-4-6-10-22;1-20-32(14-15-33(20)19-36-29(35)23(17-30)16-21-8-4-3-5-9-21)18-22-12-13-26-27(28(22)34)24-10-6-7-11-25(24)31(26)2;;;/h4-12,15-16,23-24,31H,13-14,17-20H2,1-3H3;3-11,14-15,22-23H,12-13,16-19,30H2,1-2H3;3*1H/q2*+1;;;. The van der Waals surface area contributed by atoms with Crippen LogP contribution in [0.15, 0.2) is 134 Å². The average molecular weight is 1090 g/mol. The van der Waals surface area contributed by atoms with Crippen molar-refractivity contribution < 1.29 is 37.8 Å². The number of hydrogen-bond acceptors (Lipinski definition) is 8. The van der Waals surface area contributed by atoms with Gasteiger partial charge in [0.05, 0.1) is 23.7 Å². The van der Waals surface area contributed by atoms with Crippen molar-refractivity contribution in [2.45, 2.75) is 78.9 Å². The molecule has 3 N–H and O–H groups in total. The molecule has 4 aromatic carbocycles. The fourth-order valence-corrected chi connectivity index (χ4v) is 10.9. The molecular formula is C59H71Cl3N8O6+2. The molecule has 10 rings (SSSR count). The fraction of sp³-hybridized carbons (Fsp3) is 0.356. The maximum atomic E-state index is 13.6. The molecule has 0 amide bonds. The van der Waals surface area contributed by atoms with Gasteiger partial charge in [-0.3, -0.25) is 19.2 Å². The number of halogens is 3. The zero-order chi connectivity index (χ0) is 51.2. The number of Topliss-reactive ketones (excluding diaryl/α,β-unsaturated/α-hetero) is 2. The van der Waals surface area contributed by atoms with E-state index in [4.69, 9.17) is 15.2 Å². The minimum Gasteiger partial charge on any atom is -0.424 e. The maximum Gasteiger partial charge on any atom is 0.313 e. The molecule has 0 aliphatic heterocycles. The molecule has 0 fully saturated rings. The van der Waals surface area contributed by atoms with Crippen LogP contribution in [-0.2, 0) is 85.4 Å². The Morgan fingerprint density at radius 3 is 1.43 bits per heavy atom. The number of carbonyl (C=O) groups excluding carboxylic acids is 4. The summed E-state index contributed by atoms with van der Waals surface area (Å²) in [5, 5.41) is 5.20. The number of nitrogens with one attached hydrogen (secondary N) is 1. The number of hydrogen-bond donors (Lipinski definition) is 2. The molecule has 4 heterocycles. The van der Waals surface area contributed by atoms with Gasteiger partial charge in [0.2, 0.25) is 13.5 Å². The number of carbonyl (C=O) groups is 4. The molecule has 4 atom stereocenters. The summed E-state index contributed by atoms with van der Waals surface area (Å²) in [6.45, 7) is 6.26. The second-order valence-electron chi connectivity index (χ2n) is 19.7. The number of aryl methyl sites for hydroxylation is 2. The van der Waals surface area contributed by atoms with Crippen LogP contribution in [0.3, 0.4) is 0 Å². The lowest BCUT2D eigenvalue weighted by Crippen LogP contribution is -2.40. The number of fused-ring (bicyclic) bond motifs is 6. The van der Waals surface area contributed by atoms with Crippen molar-refractivity contribution in [3.63, 3.8) is 0 Å². The van der Waals surface area contributed by atoms with Crippen molar-refractivity contribution in [3.05, 3.63) is 179 Å². The normalized spacial score (nSPS) is 15.5. The quantitative estimate of drug-likeness (QED) is 0.0685. The second kappa shape index (κ2) is 26.5. The number of aromatic nitrogens is 6. The van der Waals surface area contributed by atoms with E-state index in [0.29, 0.717) is 32.5 Å². The van der Waals surface area contributed by atoms with Crippen molar-refractivity contribution in [2.24, 2.45) is 43.5 Å². The maximum absolute atomic E-state index is 13.6. The molecule has 2 aliphatic carbocycles. The number of para-hydroxylation sites is 2. The molecule has 0 spiro atoms.